The molecule has 0 saturated heterocycles. The van der Waals surface area contributed by atoms with E-state index in [9.17, 15) is 14.3 Å². The van der Waals surface area contributed by atoms with Crippen molar-refractivity contribution >= 4 is 5.97 Å². The summed E-state index contributed by atoms with van der Waals surface area (Å²) in [5.74, 6) is -0.707. The lowest BCUT2D eigenvalue weighted by Crippen LogP contribution is -2.22. The predicted octanol–water partition coefficient (Wildman–Crippen LogP) is 5.51. The molecule has 0 heterocycles. The molecule has 4 rings (SSSR count). The molecule has 4 heteroatoms. The number of aliphatic hydroxyl groups is 1. The number of rotatable bonds is 5. The van der Waals surface area contributed by atoms with E-state index in [1.807, 2.05) is 36.4 Å². The molecule has 3 aromatic rings. The standard InChI is InChI=1S/C26H25FO3/c1-2-30-26(29)23-13-11-21(27)16-24(23)19-10-12-22-18(15-19)8-9-20(25(22)28)14-17-6-4-3-5-7-17/h3-7,10-13,15-16,20,25,28H,2,8-9,14H2,1H3. The Morgan fingerprint density at radius 3 is 2.67 bits per heavy atom. The third-order valence-corrected chi connectivity index (χ3v) is 5.82. The number of hydrogen-bond donors (Lipinski definition) is 1. The van der Waals surface area contributed by atoms with Gasteiger partial charge < -0.3 is 9.84 Å². The summed E-state index contributed by atoms with van der Waals surface area (Å²) in [7, 11) is 0. The van der Waals surface area contributed by atoms with E-state index in [2.05, 4.69) is 12.1 Å². The molecule has 3 nitrogen and oxygen atoms in total. The molecule has 1 aliphatic carbocycles. The molecule has 1 aliphatic rings. The zero-order valence-electron chi connectivity index (χ0n) is 17.0. The van der Waals surface area contributed by atoms with Crippen molar-refractivity contribution in [1.82, 2.24) is 0 Å². The monoisotopic (exact) mass is 404 g/mol. The van der Waals surface area contributed by atoms with Crippen LogP contribution in [0.1, 0.15) is 46.5 Å². The zero-order valence-corrected chi connectivity index (χ0v) is 17.0. The van der Waals surface area contributed by atoms with Gasteiger partial charge in [0.25, 0.3) is 0 Å². The third-order valence-electron chi connectivity index (χ3n) is 5.82. The molecular formula is C26H25FO3. The van der Waals surface area contributed by atoms with Crippen LogP contribution >= 0.6 is 0 Å². The Morgan fingerprint density at radius 2 is 1.90 bits per heavy atom. The number of ether oxygens (including phenoxy) is 1. The molecule has 0 radical (unpaired) electrons. The zero-order chi connectivity index (χ0) is 21.1. The molecule has 0 aliphatic heterocycles. The van der Waals surface area contributed by atoms with Crippen LogP contribution in [0.4, 0.5) is 4.39 Å². The van der Waals surface area contributed by atoms with Crippen molar-refractivity contribution < 1.29 is 19.0 Å². The highest BCUT2D eigenvalue weighted by molar-refractivity contribution is 5.97. The van der Waals surface area contributed by atoms with Crippen molar-refractivity contribution in [2.24, 2.45) is 5.92 Å². The van der Waals surface area contributed by atoms with Crippen LogP contribution in [0.2, 0.25) is 0 Å². The smallest absolute Gasteiger partial charge is 0.338 e. The highest BCUT2D eigenvalue weighted by atomic mass is 19.1. The van der Waals surface area contributed by atoms with Crippen LogP contribution in [-0.4, -0.2) is 17.7 Å². The van der Waals surface area contributed by atoms with Crippen LogP contribution in [0.25, 0.3) is 11.1 Å². The van der Waals surface area contributed by atoms with Gasteiger partial charge in [-0.3, -0.25) is 0 Å². The summed E-state index contributed by atoms with van der Waals surface area (Å²) in [6, 6.07) is 20.0. The number of halogens is 1. The molecule has 0 amide bonds. The molecule has 1 N–H and O–H groups in total. The second-order valence-electron chi connectivity index (χ2n) is 7.76. The number of carbonyl (C=O) groups excluding carboxylic acids is 1. The van der Waals surface area contributed by atoms with Crippen molar-refractivity contribution in [2.45, 2.75) is 32.3 Å². The Balaban J connectivity index is 1.63. The lowest BCUT2D eigenvalue weighted by Gasteiger charge is -2.30. The van der Waals surface area contributed by atoms with E-state index in [0.717, 1.165) is 36.0 Å². The van der Waals surface area contributed by atoms with Gasteiger partial charge in [-0.25, -0.2) is 9.18 Å². The van der Waals surface area contributed by atoms with E-state index in [1.165, 1.54) is 23.8 Å². The van der Waals surface area contributed by atoms with E-state index in [0.29, 0.717) is 11.1 Å². The van der Waals surface area contributed by atoms with Gasteiger partial charge >= 0.3 is 5.97 Å². The summed E-state index contributed by atoms with van der Waals surface area (Å²) in [6.07, 6.45) is 2.00. The number of aliphatic hydroxyl groups excluding tert-OH is 1. The normalized spacial score (nSPS) is 18.0. The fraction of sp³-hybridized carbons (Fsp3) is 0.269. The van der Waals surface area contributed by atoms with E-state index in [-0.39, 0.29) is 12.5 Å². The van der Waals surface area contributed by atoms with E-state index in [4.69, 9.17) is 4.74 Å². The number of fused-ring (bicyclic) bond motifs is 1. The van der Waals surface area contributed by atoms with Gasteiger partial charge in [0, 0.05) is 0 Å². The van der Waals surface area contributed by atoms with Crippen LogP contribution in [0.15, 0.2) is 66.7 Å². The minimum absolute atomic E-state index is 0.162. The highest BCUT2D eigenvalue weighted by Crippen LogP contribution is 2.38. The molecule has 154 valence electrons. The van der Waals surface area contributed by atoms with Crippen molar-refractivity contribution in [3.05, 3.63) is 94.8 Å². The first-order valence-electron chi connectivity index (χ1n) is 10.4. The Bertz CT molecular complexity index is 1050. The molecular weight excluding hydrogens is 379 g/mol. The van der Waals surface area contributed by atoms with Gasteiger partial charge in [0.1, 0.15) is 5.82 Å². The molecule has 0 fully saturated rings. The van der Waals surface area contributed by atoms with Gasteiger partial charge in [0.15, 0.2) is 0 Å². The summed E-state index contributed by atoms with van der Waals surface area (Å²) in [5.41, 5.74) is 4.79. The van der Waals surface area contributed by atoms with Crippen molar-refractivity contribution in [3.8, 4) is 11.1 Å². The molecule has 0 saturated carbocycles. The van der Waals surface area contributed by atoms with Crippen molar-refractivity contribution in [2.75, 3.05) is 6.61 Å². The summed E-state index contributed by atoms with van der Waals surface area (Å²) >= 11 is 0. The Kier molecular flexibility index (Phi) is 5.96. The number of esters is 1. The number of benzene rings is 3. The minimum atomic E-state index is -0.542. The van der Waals surface area contributed by atoms with Gasteiger partial charge in [-0.05, 0) is 78.1 Å². The maximum Gasteiger partial charge on any atom is 0.338 e. The molecule has 0 bridgehead atoms. The molecule has 0 spiro atoms. The first kappa shape index (κ1) is 20.3. The van der Waals surface area contributed by atoms with Crippen LogP contribution in [0, 0.1) is 11.7 Å². The fourth-order valence-electron chi connectivity index (χ4n) is 4.30. The Labute approximate surface area is 176 Å². The first-order valence-corrected chi connectivity index (χ1v) is 10.4. The summed E-state index contributed by atoms with van der Waals surface area (Å²) in [5, 5.41) is 11.0. The van der Waals surface area contributed by atoms with E-state index >= 15 is 0 Å². The van der Waals surface area contributed by atoms with Crippen molar-refractivity contribution in [1.29, 1.82) is 0 Å². The second kappa shape index (κ2) is 8.80. The second-order valence-corrected chi connectivity index (χ2v) is 7.76. The van der Waals surface area contributed by atoms with E-state index < -0.39 is 17.9 Å². The van der Waals surface area contributed by atoms with Crippen LogP contribution in [0.3, 0.4) is 0 Å². The third kappa shape index (κ3) is 4.14. The minimum Gasteiger partial charge on any atom is -0.462 e. The lowest BCUT2D eigenvalue weighted by atomic mass is 9.77. The number of carbonyl (C=O) groups is 1. The lowest BCUT2D eigenvalue weighted by molar-refractivity contribution is 0.0527. The van der Waals surface area contributed by atoms with Gasteiger partial charge in [0.2, 0.25) is 0 Å². The van der Waals surface area contributed by atoms with Gasteiger partial charge in [-0.2, -0.15) is 0 Å². The topological polar surface area (TPSA) is 46.5 Å². The first-order chi connectivity index (χ1) is 14.6. The summed E-state index contributed by atoms with van der Waals surface area (Å²) in [6.45, 7) is 2.00. The Hall–Kier alpha value is -2.98. The Morgan fingerprint density at radius 1 is 1.10 bits per heavy atom. The molecule has 0 aromatic heterocycles. The average Bonchev–Trinajstić information content (AvgIpc) is 2.76. The van der Waals surface area contributed by atoms with E-state index in [1.54, 1.807) is 6.92 Å². The maximum absolute atomic E-state index is 13.9. The summed E-state index contributed by atoms with van der Waals surface area (Å²) in [4.78, 5) is 12.3. The fourth-order valence-corrected chi connectivity index (χ4v) is 4.30. The van der Waals surface area contributed by atoms with Crippen LogP contribution in [-0.2, 0) is 17.6 Å². The van der Waals surface area contributed by atoms with Crippen molar-refractivity contribution in [3.63, 3.8) is 0 Å². The predicted molar refractivity (Wildman–Crippen MR) is 115 cm³/mol. The SMILES string of the molecule is CCOC(=O)c1ccc(F)cc1-c1ccc2c(c1)CCC(Cc1ccccc1)C2O. The highest BCUT2D eigenvalue weighted by Gasteiger charge is 2.28. The maximum atomic E-state index is 13.9. The average molecular weight is 404 g/mol. The van der Waals surface area contributed by atoms with Gasteiger partial charge in [0.05, 0.1) is 18.3 Å². The molecule has 3 aromatic carbocycles. The summed E-state index contributed by atoms with van der Waals surface area (Å²) < 4.78 is 19.1. The van der Waals surface area contributed by atoms with Crippen LogP contribution in [0.5, 0.6) is 0 Å². The number of hydrogen-bond acceptors (Lipinski definition) is 3. The quantitative estimate of drug-likeness (QED) is 0.571. The molecule has 2 atom stereocenters. The van der Waals surface area contributed by atoms with Gasteiger partial charge in [-0.15, -0.1) is 0 Å². The van der Waals surface area contributed by atoms with Gasteiger partial charge in [-0.1, -0.05) is 48.5 Å². The molecule has 2 unspecified atom stereocenters. The largest absolute Gasteiger partial charge is 0.462 e. The number of aryl methyl sites for hydroxylation is 1. The molecule has 30 heavy (non-hydrogen) atoms. The van der Waals surface area contributed by atoms with Crippen LogP contribution < -0.4 is 0 Å².